The SMILES string of the molecule is Cc1ccc(-c2nc(-c3ccccc3)c(NC(=O)OCc3ccccc3)n2-c2sc(-c3ccccc3)nc2-c2ccccc2)cc1. The molecular formula is C39H30N4O2S. The Balaban J connectivity index is 1.46. The highest BCUT2D eigenvalue weighted by Gasteiger charge is 2.27. The molecule has 0 saturated carbocycles. The number of aromatic nitrogens is 3. The number of anilines is 1. The number of amides is 1. The first kappa shape index (κ1) is 29.0. The van der Waals surface area contributed by atoms with Crippen LogP contribution in [-0.2, 0) is 11.3 Å². The third kappa shape index (κ3) is 6.09. The molecule has 0 aliphatic rings. The Morgan fingerprint density at radius 2 is 1.20 bits per heavy atom. The van der Waals surface area contributed by atoms with Gasteiger partial charge in [0.15, 0.2) is 0 Å². The van der Waals surface area contributed by atoms with Crippen molar-refractivity contribution in [3.63, 3.8) is 0 Å². The molecule has 1 N–H and O–H groups in total. The minimum absolute atomic E-state index is 0.139. The third-order valence-corrected chi connectivity index (χ3v) is 8.64. The molecule has 2 heterocycles. The third-order valence-electron chi connectivity index (χ3n) is 7.55. The van der Waals surface area contributed by atoms with E-state index in [9.17, 15) is 4.79 Å². The van der Waals surface area contributed by atoms with Crippen LogP contribution in [0.15, 0.2) is 146 Å². The number of thiazole rings is 1. The minimum Gasteiger partial charge on any atom is -0.444 e. The smallest absolute Gasteiger partial charge is 0.413 e. The molecule has 0 spiro atoms. The number of carbonyl (C=O) groups excluding carboxylic acids is 1. The molecule has 0 aliphatic heterocycles. The second-order valence-corrected chi connectivity index (χ2v) is 11.8. The van der Waals surface area contributed by atoms with Crippen LogP contribution in [0.3, 0.4) is 0 Å². The van der Waals surface area contributed by atoms with E-state index >= 15 is 0 Å². The van der Waals surface area contributed by atoms with Crippen molar-refractivity contribution in [2.45, 2.75) is 13.5 Å². The summed E-state index contributed by atoms with van der Waals surface area (Å²) in [4.78, 5) is 23.9. The number of hydrogen-bond acceptors (Lipinski definition) is 5. The fourth-order valence-electron chi connectivity index (χ4n) is 5.23. The number of hydrogen-bond donors (Lipinski definition) is 1. The van der Waals surface area contributed by atoms with E-state index in [-0.39, 0.29) is 6.61 Å². The fourth-order valence-corrected chi connectivity index (χ4v) is 6.34. The van der Waals surface area contributed by atoms with Gasteiger partial charge in [0, 0.05) is 22.3 Å². The highest BCUT2D eigenvalue weighted by Crippen LogP contribution is 2.43. The zero-order chi connectivity index (χ0) is 31.3. The summed E-state index contributed by atoms with van der Waals surface area (Å²) in [5.74, 6) is 1.18. The number of carbonyl (C=O) groups is 1. The monoisotopic (exact) mass is 618 g/mol. The molecule has 7 rings (SSSR count). The Morgan fingerprint density at radius 3 is 1.80 bits per heavy atom. The van der Waals surface area contributed by atoms with Crippen LogP contribution in [0.4, 0.5) is 10.6 Å². The molecule has 0 atom stereocenters. The normalized spacial score (nSPS) is 10.9. The number of ether oxygens (including phenoxy) is 1. The van der Waals surface area contributed by atoms with E-state index in [2.05, 4.69) is 60.8 Å². The quantitative estimate of drug-likeness (QED) is 0.184. The first-order valence-electron chi connectivity index (χ1n) is 15.0. The van der Waals surface area contributed by atoms with Crippen molar-refractivity contribution in [3.05, 3.63) is 157 Å². The molecule has 0 saturated heterocycles. The average Bonchev–Trinajstić information content (AvgIpc) is 3.71. The Morgan fingerprint density at radius 1 is 0.652 bits per heavy atom. The molecule has 0 radical (unpaired) electrons. The molecule has 2 aromatic heterocycles. The van der Waals surface area contributed by atoms with E-state index < -0.39 is 6.09 Å². The standard InChI is InChI=1S/C39H30N4O2S/c1-27-22-24-31(25-23-27)35-40-33(29-16-8-3-9-17-29)36(42-39(44)45-26-28-14-6-2-7-15-28)43(35)38-34(30-18-10-4-11-19-30)41-37(46-38)32-20-12-5-13-21-32/h2-25H,26H2,1H3,(H,42,44). The molecule has 6 nitrogen and oxygen atoms in total. The van der Waals surface area contributed by atoms with E-state index in [4.69, 9.17) is 14.7 Å². The molecule has 1 amide bonds. The molecule has 0 fully saturated rings. The van der Waals surface area contributed by atoms with Crippen molar-refractivity contribution in [2.75, 3.05) is 5.32 Å². The lowest BCUT2D eigenvalue weighted by Gasteiger charge is -2.14. The molecular weight excluding hydrogens is 589 g/mol. The van der Waals surface area contributed by atoms with Crippen molar-refractivity contribution in [1.29, 1.82) is 0 Å². The van der Waals surface area contributed by atoms with E-state index in [0.29, 0.717) is 17.3 Å². The first-order chi connectivity index (χ1) is 22.6. The summed E-state index contributed by atoms with van der Waals surface area (Å²) in [6, 6.07) is 48.0. The maximum Gasteiger partial charge on any atom is 0.413 e. The Bertz CT molecular complexity index is 2070. The lowest BCUT2D eigenvalue weighted by Crippen LogP contribution is -2.17. The lowest BCUT2D eigenvalue weighted by atomic mass is 10.1. The van der Waals surface area contributed by atoms with Gasteiger partial charge in [-0.3, -0.25) is 9.88 Å². The summed E-state index contributed by atoms with van der Waals surface area (Å²) in [7, 11) is 0. The van der Waals surface area contributed by atoms with Crippen LogP contribution in [0.25, 0.3) is 49.5 Å². The summed E-state index contributed by atoms with van der Waals surface area (Å²) in [6.07, 6.45) is -0.577. The Labute approximate surface area is 271 Å². The second-order valence-electron chi connectivity index (χ2n) is 10.8. The fraction of sp³-hybridized carbons (Fsp3) is 0.0513. The minimum atomic E-state index is -0.577. The van der Waals surface area contributed by atoms with E-state index in [1.165, 1.54) is 0 Å². The topological polar surface area (TPSA) is 69.0 Å². The van der Waals surface area contributed by atoms with Crippen LogP contribution in [0.1, 0.15) is 11.1 Å². The van der Waals surface area contributed by atoms with Gasteiger partial charge in [-0.25, -0.2) is 14.8 Å². The Kier molecular flexibility index (Phi) is 8.22. The summed E-state index contributed by atoms with van der Waals surface area (Å²) in [5.41, 5.74) is 7.19. The predicted molar refractivity (Wildman–Crippen MR) is 186 cm³/mol. The number of benzene rings is 5. The first-order valence-corrected chi connectivity index (χ1v) is 15.8. The number of imidazole rings is 1. The molecule has 7 aromatic rings. The van der Waals surface area contributed by atoms with Gasteiger partial charge in [-0.05, 0) is 12.5 Å². The van der Waals surface area contributed by atoms with Crippen molar-refractivity contribution in [1.82, 2.24) is 14.5 Å². The van der Waals surface area contributed by atoms with E-state index in [1.54, 1.807) is 11.3 Å². The van der Waals surface area contributed by atoms with Crippen LogP contribution in [0, 0.1) is 6.92 Å². The van der Waals surface area contributed by atoms with Crippen LogP contribution in [0.5, 0.6) is 0 Å². The maximum absolute atomic E-state index is 13.5. The van der Waals surface area contributed by atoms with Crippen LogP contribution in [-0.4, -0.2) is 20.6 Å². The van der Waals surface area contributed by atoms with Gasteiger partial charge >= 0.3 is 6.09 Å². The van der Waals surface area contributed by atoms with E-state index in [1.807, 2.05) is 102 Å². The number of rotatable bonds is 8. The summed E-state index contributed by atoms with van der Waals surface area (Å²) >= 11 is 1.55. The average molecular weight is 619 g/mol. The van der Waals surface area contributed by atoms with Gasteiger partial charge in [0.1, 0.15) is 39.6 Å². The van der Waals surface area contributed by atoms with Gasteiger partial charge in [-0.1, -0.05) is 162 Å². The predicted octanol–water partition coefficient (Wildman–Crippen LogP) is 10.1. The summed E-state index contributed by atoms with van der Waals surface area (Å²) < 4.78 is 7.75. The lowest BCUT2D eigenvalue weighted by molar-refractivity contribution is 0.155. The number of nitrogens with zero attached hydrogens (tertiary/aromatic N) is 3. The van der Waals surface area contributed by atoms with Crippen molar-refractivity contribution in [2.24, 2.45) is 0 Å². The van der Waals surface area contributed by atoms with Gasteiger partial charge in [-0.2, -0.15) is 0 Å². The number of nitrogens with one attached hydrogen (secondary N) is 1. The highest BCUT2D eigenvalue weighted by atomic mass is 32.1. The van der Waals surface area contributed by atoms with Crippen molar-refractivity contribution in [3.8, 4) is 49.5 Å². The van der Waals surface area contributed by atoms with E-state index in [0.717, 1.165) is 49.1 Å². The largest absolute Gasteiger partial charge is 0.444 e. The molecule has 224 valence electrons. The molecule has 46 heavy (non-hydrogen) atoms. The highest BCUT2D eigenvalue weighted by molar-refractivity contribution is 7.18. The van der Waals surface area contributed by atoms with Crippen LogP contribution < -0.4 is 5.32 Å². The van der Waals surface area contributed by atoms with Crippen LogP contribution in [0.2, 0.25) is 0 Å². The van der Waals surface area contributed by atoms with Gasteiger partial charge < -0.3 is 4.74 Å². The second kappa shape index (κ2) is 13.1. The maximum atomic E-state index is 13.5. The zero-order valence-electron chi connectivity index (χ0n) is 25.1. The van der Waals surface area contributed by atoms with Gasteiger partial charge in [0.25, 0.3) is 0 Å². The molecule has 0 bridgehead atoms. The Hall–Kier alpha value is -5.79. The van der Waals surface area contributed by atoms with Gasteiger partial charge in [0.2, 0.25) is 0 Å². The molecule has 7 heteroatoms. The van der Waals surface area contributed by atoms with Crippen molar-refractivity contribution < 1.29 is 9.53 Å². The summed E-state index contributed by atoms with van der Waals surface area (Å²) in [5, 5.41) is 4.78. The van der Waals surface area contributed by atoms with Crippen molar-refractivity contribution >= 4 is 23.2 Å². The molecule has 5 aromatic carbocycles. The number of aryl methyl sites for hydroxylation is 1. The summed E-state index contributed by atoms with van der Waals surface area (Å²) in [6.45, 7) is 2.20. The van der Waals surface area contributed by atoms with Crippen LogP contribution >= 0.6 is 11.3 Å². The van der Waals surface area contributed by atoms with Gasteiger partial charge in [-0.15, -0.1) is 0 Å². The van der Waals surface area contributed by atoms with Gasteiger partial charge in [0.05, 0.1) is 0 Å². The molecule has 0 unspecified atom stereocenters. The molecule has 0 aliphatic carbocycles. The zero-order valence-corrected chi connectivity index (χ0v) is 25.9.